The van der Waals surface area contributed by atoms with Crippen LogP contribution in [0.4, 0.5) is 0 Å². The lowest BCUT2D eigenvalue weighted by Crippen LogP contribution is -2.16. The monoisotopic (exact) mass is 334 g/mol. The summed E-state index contributed by atoms with van der Waals surface area (Å²) in [7, 11) is 0. The van der Waals surface area contributed by atoms with E-state index in [0.29, 0.717) is 31.5 Å². The number of carboxylic acids is 1. The summed E-state index contributed by atoms with van der Waals surface area (Å²) in [6, 6.07) is 0. The summed E-state index contributed by atoms with van der Waals surface area (Å²) in [5.74, 6) is -0.213. The number of allylic oxidation sites excluding steroid dienone is 4. The molecule has 0 radical (unpaired) electrons. The molecule has 1 N–H and O–H groups in total. The Labute approximate surface area is 145 Å². The quantitative estimate of drug-likeness (QED) is 0.398. The van der Waals surface area contributed by atoms with Gasteiger partial charge in [0.1, 0.15) is 5.78 Å². The number of ketones is 2. The maximum absolute atomic E-state index is 12.0. The summed E-state index contributed by atoms with van der Waals surface area (Å²) < 4.78 is 0. The summed E-state index contributed by atoms with van der Waals surface area (Å²) in [6.07, 6.45) is 14.9. The fourth-order valence-corrected chi connectivity index (χ4v) is 3.03. The van der Waals surface area contributed by atoms with Gasteiger partial charge in [0.2, 0.25) is 0 Å². The minimum atomic E-state index is -0.776. The molecule has 0 aliphatic heterocycles. The molecule has 0 aromatic rings. The van der Waals surface area contributed by atoms with Crippen LogP contribution >= 0.6 is 0 Å². The number of unbranched alkanes of at least 4 members (excludes halogenated alkanes) is 3. The topological polar surface area (TPSA) is 71.4 Å². The smallest absolute Gasteiger partial charge is 0.303 e. The predicted octanol–water partition coefficient (Wildman–Crippen LogP) is 4.49. The van der Waals surface area contributed by atoms with Crippen LogP contribution in [0.25, 0.3) is 0 Å². The van der Waals surface area contributed by atoms with Gasteiger partial charge < -0.3 is 5.11 Å². The number of hydrogen-bond acceptors (Lipinski definition) is 3. The van der Waals surface area contributed by atoms with Crippen LogP contribution in [0.2, 0.25) is 0 Å². The van der Waals surface area contributed by atoms with E-state index in [-0.39, 0.29) is 24.0 Å². The Hall–Kier alpha value is -1.71. The highest BCUT2D eigenvalue weighted by molar-refractivity contribution is 5.94. The number of carbonyl (C=O) groups excluding carboxylic acids is 2. The molecule has 4 heteroatoms. The molecule has 24 heavy (non-hydrogen) atoms. The number of rotatable bonds is 13. The molecular formula is C20H30O4. The van der Waals surface area contributed by atoms with E-state index in [1.807, 2.05) is 18.2 Å². The Bertz CT molecular complexity index is 476. The van der Waals surface area contributed by atoms with E-state index in [9.17, 15) is 14.4 Å². The van der Waals surface area contributed by atoms with Crippen LogP contribution < -0.4 is 0 Å². The first-order chi connectivity index (χ1) is 11.5. The third-order valence-corrected chi connectivity index (χ3v) is 4.52. The lowest BCUT2D eigenvalue weighted by molar-refractivity contribution is -0.137. The van der Waals surface area contributed by atoms with Gasteiger partial charge in [0, 0.05) is 25.2 Å². The molecule has 0 spiro atoms. The van der Waals surface area contributed by atoms with E-state index in [1.54, 1.807) is 6.08 Å². The van der Waals surface area contributed by atoms with Crippen molar-refractivity contribution in [3.63, 3.8) is 0 Å². The minimum absolute atomic E-state index is 0.0517. The first-order valence-electron chi connectivity index (χ1n) is 9.15. The van der Waals surface area contributed by atoms with Crippen molar-refractivity contribution in [1.29, 1.82) is 0 Å². The average Bonchev–Trinajstić information content (AvgIpc) is 2.89. The summed E-state index contributed by atoms with van der Waals surface area (Å²) in [4.78, 5) is 34.3. The van der Waals surface area contributed by atoms with Gasteiger partial charge in [-0.15, -0.1) is 0 Å². The van der Waals surface area contributed by atoms with Crippen LogP contribution in [0.15, 0.2) is 24.3 Å². The summed E-state index contributed by atoms with van der Waals surface area (Å²) >= 11 is 0. The van der Waals surface area contributed by atoms with E-state index in [4.69, 9.17) is 5.11 Å². The average molecular weight is 334 g/mol. The van der Waals surface area contributed by atoms with Gasteiger partial charge >= 0.3 is 5.97 Å². The van der Waals surface area contributed by atoms with Gasteiger partial charge in [0.05, 0.1) is 0 Å². The summed E-state index contributed by atoms with van der Waals surface area (Å²) in [5, 5.41) is 8.58. The normalized spacial score (nSPS) is 20.1. The maximum atomic E-state index is 12.0. The summed E-state index contributed by atoms with van der Waals surface area (Å²) in [6.45, 7) is 2.12. The van der Waals surface area contributed by atoms with Gasteiger partial charge in [-0.25, -0.2) is 0 Å². The Morgan fingerprint density at radius 2 is 1.92 bits per heavy atom. The highest BCUT2D eigenvalue weighted by atomic mass is 16.4. The lowest BCUT2D eigenvalue weighted by atomic mass is 9.87. The highest BCUT2D eigenvalue weighted by Gasteiger charge is 2.28. The fraction of sp³-hybridized carbons (Fsp3) is 0.650. The number of aliphatic carboxylic acids is 1. The molecule has 0 bridgehead atoms. The van der Waals surface area contributed by atoms with Crippen molar-refractivity contribution in [3.05, 3.63) is 24.3 Å². The van der Waals surface area contributed by atoms with Crippen LogP contribution in [0.3, 0.4) is 0 Å². The molecule has 0 amide bonds. The zero-order valence-electron chi connectivity index (χ0n) is 14.7. The molecule has 134 valence electrons. The molecule has 2 atom stereocenters. The second-order valence-electron chi connectivity index (χ2n) is 6.56. The van der Waals surface area contributed by atoms with Gasteiger partial charge in [-0.05, 0) is 44.1 Å². The Morgan fingerprint density at radius 3 is 2.62 bits per heavy atom. The van der Waals surface area contributed by atoms with Crippen molar-refractivity contribution in [2.45, 2.75) is 71.1 Å². The zero-order valence-corrected chi connectivity index (χ0v) is 14.7. The number of carbonyl (C=O) groups is 3. The maximum Gasteiger partial charge on any atom is 0.303 e. The molecule has 0 aromatic heterocycles. The Balaban J connectivity index is 2.29. The predicted molar refractivity (Wildman–Crippen MR) is 94.8 cm³/mol. The Kier molecular flexibility index (Phi) is 9.97. The van der Waals surface area contributed by atoms with Crippen molar-refractivity contribution in [2.75, 3.05) is 0 Å². The standard InChI is InChI=1S/C20H30O4/c1-2-3-6-9-17(21)14-12-16-13-15-19(22)18(16)10-7-4-5-8-11-20(23)24/h4,7,13,15-16,18H,2-3,5-6,8-12,14H2,1H3,(H,23,24)/b7-4+. The van der Waals surface area contributed by atoms with Crippen molar-refractivity contribution in [2.24, 2.45) is 11.8 Å². The van der Waals surface area contributed by atoms with Crippen LogP contribution in [0, 0.1) is 11.8 Å². The van der Waals surface area contributed by atoms with Gasteiger partial charge in [0.25, 0.3) is 0 Å². The second-order valence-corrected chi connectivity index (χ2v) is 6.56. The van der Waals surface area contributed by atoms with Crippen LogP contribution in [0.1, 0.15) is 71.1 Å². The first kappa shape index (κ1) is 20.3. The van der Waals surface area contributed by atoms with Crippen molar-refractivity contribution < 1.29 is 19.5 Å². The van der Waals surface area contributed by atoms with Crippen molar-refractivity contribution in [3.8, 4) is 0 Å². The van der Waals surface area contributed by atoms with Crippen LogP contribution in [-0.4, -0.2) is 22.6 Å². The lowest BCUT2D eigenvalue weighted by Gasteiger charge is -2.16. The van der Waals surface area contributed by atoms with E-state index < -0.39 is 5.97 Å². The second kappa shape index (κ2) is 11.8. The zero-order chi connectivity index (χ0) is 17.8. The number of hydrogen-bond donors (Lipinski definition) is 1. The molecule has 0 saturated heterocycles. The number of carboxylic acid groups (broad SMARTS) is 1. The molecule has 0 saturated carbocycles. The molecule has 1 aliphatic carbocycles. The van der Waals surface area contributed by atoms with Crippen molar-refractivity contribution >= 4 is 17.5 Å². The van der Waals surface area contributed by atoms with Crippen LogP contribution in [0.5, 0.6) is 0 Å². The van der Waals surface area contributed by atoms with Gasteiger partial charge in [0.15, 0.2) is 5.78 Å². The van der Waals surface area contributed by atoms with E-state index in [2.05, 4.69) is 6.92 Å². The van der Waals surface area contributed by atoms with E-state index in [1.165, 1.54) is 0 Å². The molecular weight excluding hydrogens is 304 g/mol. The van der Waals surface area contributed by atoms with E-state index >= 15 is 0 Å². The molecule has 1 rings (SSSR count). The SMILES string of the molecule is CCCCCC(=O)CCC1C=CC(=O)C1C/C=C/CCCC(=O)O. The fourth-order valence-electron chi connectivity index (χ4n) is 3.03. The molecule has 0 heterocycles. The molecule has 0 fully saturated rings. The Morgan fingerprint density at radius 1 is 1.12 bits per heavy atom. The molecule has 0 aromatic carbocycles. The highest BCUT2D eigenvalue weighted by Crippen LogP contribution is 2.30. The van der Waals surface area contributed by atoms with Gasteiger partial charge in [-0.3, -0.25) is 14.4 Å². The van der Waals surface area contributed by atoms with E-state index in [0.717, 1.165) is 32.1 Å². The number of Topliss-reactive ketones (excluding diaryl/α,β-unsaturated/α-hetero) is 1. The van der Waals surface area contributed by atoms with Crippen molar-refractivity contribution in [1.82, 2.24) is 0 Å². The first-order valence-corrected chi connectivity index (χ1v) is 9.15. The third-order valence-electron chi connectivity index (χ3n) is 4.52. The molecule has 4 nitrogen and oxygen atoms in total. The largest absolute Gasteiger partial charge is 0.481 e. The van der Waals surface area contributed by atoms with Gasteiger partial charge in [-0.2, -0.15) is 0 Å². The van der Waals surface area contributed by atoms with Gasteiger partial charge in [-0.1, -0.05) is 38.0 Å². The summed E-state index contributed by atoms with van der Waals surface area (Å²) in [5.41, 5.74) is 0. The third kappa shape index (κ3) is 8.23. The molecule has 1 aliphatic rings. The minimum Gasteiger partial charge on any atom is -0.481 e. The van der Waals surface area contributed by atoms with Crippen LogP contribution in [-0.2, 0) is 14.4 Å². The molecule has 2 unspecified atom stereocenters.